The third-order valence-corrected chi connectivity index (χ3v) is 5.34. The molecule has 2 rings (SSSR count). The summed E-state index contributed by atoms with van der Waals surface area (Å²) in [6.45, 7) is 0.227. The van der Waals surface area contributed by atoms with Gasteiger partial charge in [-0.15, -0.1) is 0 Å². The first-order valence-corrected chi connectivity index (χ1v) is 7.52. The van der Waals surface area contributed by atoms with Gasteiger partial charge in [0.1, 0.15) is 0 Å². The first-order valence-electron chi connectivity index (χ1n) is 5.70. The van der Waals surface area contributed by atoms with Crippen molar-refractivity contribution in [2.24, 2.45) is 11.1 Å². The highest BCUT2D eigenvalue weighted by Crippen LogP contribution is 2.35. The van der Waals surface area contributed by atoms with Crippen LogP contribution in [0.3, 0.4) is 0 Å². The standard InChI is InChI=1S/C12H15F2NO2S/c13-10-2-1-9(5-11(10)14)6-12(7-15)3-4-18(16,17)8-12/h1-2,5H,3-4,6-8,15H2. The van der Waals surface area contributed by atoms with Crippen LogP contribution in [0, 0.1) is 17.0 Å². The normalized spacial score (nSPS) is 26.4. The molecule has 18 heavy (non-hydrogen) atoms. The van der Waals surface area contributed by atoms with E-state index in [0.29, 0.717) is 18.4 Å². The Morgan fingerprint density at radius 1 is 1.28 bits per heavy atom. The second-order valence-corrected chi connectivity index (χ2v) is 7.16. The van der Waals surface area contributed by atoms with E-state index in [0.717, 1.165) is 12.1 Å². The maximum Gasteiger partial charge on any atom is 0.159 e. The summed E-state index contributed by atoms with van der Waals surface area (Å²) in [6, 6.07) is 3.64. The fourth-order valence-corrected chi connectivity index (χ4v) is 4.62. The van der Waals surface area contributed by atoms with Gasteiger partial charge in [-0.05, 0) is 37.1 Å². The summed E-state index contributed by atoms with van der Waals surface area (Å²) in [7, 11) is -3.05. The van der Waals surface area contributed by atoms with Crippen LogP contribution in [0.1, 0.15) is 12.0 Å². The van der Waals surface area contributed by atoms with E-state index in [9.17, 15) is 17.2 Å². The maximum atomic E-state index is 13.1. The second kappa shape index (κ2) is 4.59. The molecule has 1 unspecified atom stereocenters. The molecule has 1 fully saturated rings. The molecule has 0 spiro atoms. The van der Waals surface area contributed by atoms with Gasteiger partial charge in [0.25, 0.3) is 0 Å². The van der Waals surface area contributed by atoms with E-state index < -0.39 is 26.9 Å². The molecule has 2 N–H and O–H groups in total. The molecule has 0 aliphatic carbocycles. The Kier molecular flexibility index (Phi) is 3.42. The molecule has 1 aromatic carbocycles. The largest absolute Gasteiger partial charge is 0.330 e. The molecule has 1 aliphatic rings. The van der Waals surface area contributed by atoms with Gasteiger partial charge in [0.15, 0.2) is 21.5 Å². The Labute approximate surface area is 105 Å². The number of hydrogen-bond donors (Lipinski definition) is 1. The summed E-state index contributed by atoms with van der Waals surface area (Å²) < 4.78 is 49.0. The van der Waals surface area contributed by atoms with Gasteiger partial charge in [-0.3, -0.25) is 0 Å². The van der Waals surface area contributed by atoms with Gasteiger partial charge in [-0.2, -0.15) is 0 Å². The highest BCUT2D eigenvalue weighted by atomic mass is 32.2. The summed E-state index contributed by atoms with van der Waals surface area (Å²) in [4.78, 5) is 0. The number of sulfone groups is 1. The van der Waals surface area contributed by atoms with Crippen LogP contribution in [0.15, 0.2) is 18.2 Å². The molecule has 1 saturated heterocycles. The molecule has 0 radical (unpaired) electrons. The smallest absolute Gasteiger partial charge is 0.159 e. The lowest BCUT2D eigenvalue weighted by Crippen LogP contribution is -2.34. The lowest BCUT2D eigenvalue weighted by Gasteiger charge is -2.25. The molecular formula is C12H15F2NO2S. The third kappa shape index (κ3) is 2.70. The quantitative estimate of drug-likeness (QED) is 0.903. The average molecular weight is 275 g/mol. The number of halogens is 2. The molecule has 3 nitrogen and oxygen atoms in total. The molecule has 0 bridgehead atoms. The van der Waals surface area contributed by atoms with Crippen LogP contribution in [-0.4, -0.2) is 26.5 Å². The van der Waals surface area contributed by atoms with Gasteiger partial charge in [-0.1, -0.05) is 6.07 Å². The van der Waals surface area contributed by atoms with Crippen LogP contribution >= 0.6 is 0 Å². The van der Waals surface area contributed by atoms with E-state index >= 15 is 0 Å². The van der Waals surface area contributed by atoms with Crippen molar-refractivity contribution >= 4 is 9.84 Å². The van der Waals surface area contributed by atoms with Crippen molar-refractivity contribution in [2.45, 2.75) is 12.8 Å². The summed E-state index contributed by atoms with van der Waals surface area (Å²) in [5.74, 6) is -1.68. The van der Waals surface area contributed by atoms with E-state index in [4.69, 9.17) is 5.73 Å². The molecule has 1 aliphatic heterocycles. The molecule has 100 valence electrons. The van der Waals surface area contributed by atoms with Crippen molar-refractivity contribution in [3.63, 3.8) is 0 Å². The molecule has 0 aromatic heterocycles. The van der Waals surface area contributed by atoms with Gasteiger partial charge < -0.3 is 5.73 Å². The zero-order chi connectivity index (χ0) is 13.4. The second-order valence-electron chi connectivity index (χ2n) is 4.97. The van der Waals surface area contributed by atoms with Crippen LogP contribution in [-0.2, 0) is 16.3 Å². The predicted molar refractivity (Wildman–Crippen MR) is 64.8 cm³/mol. The Bertz CT molecular complexity index is 559. The van der Waals surface area contributed by atoms with E-state index in [1.54, 1.807) is 0 Å². The van der Waals surface area contributed by atoms with Crippen LogP contribution in [0.5, 0.6) is 0 Å². The Hall–Kier alpha value is -1.01. The van der Waals surface area contributed by atoms with Gasteiger partial charge >= 0.3 is 0 Å². The van der Waals surface area contributed by atoms with Gasteiger partial charge in [0, 0.05) is 5.41 Å². The Balaban J connectivity index is 2.23. The van der Waals surface area contributed by atoms with E-state index in [1.807, 2.05) is 0 Å². The van der Waals surface area contributed by atoms with Gasteiger partial charge in [0.2, 0.25) is 0 Å². The monoisotopic (exact) mass is 275 g/mol. The number of rotatable bonds is 3. The summed E-state index contributed by atoms with van der Waals surface area (Å²) in [5.41, 5.74) is 5.71. The zero-order valence-corrected chi connectivity index (χ0v) is 10.6. The summed E-state index contributed by atoms with van der Waals surface area (Å²) >= 11 is 0. The topological polar surface area (TPSA) is 60.2 Å². The third-order valence-electron chi connectivity index (χ3n) is 3.47. The van der Waals surface area contributed by atoms with Crippen LogP contribution in [0.2, 0.25) is 0 Å². The van der Waals surface area contributed by atoms with E-state index in [-0.39, 0.29) is 18.1 Å². The predicted octanol–water partition coefficient (Wildman–Crippen LogP) is 1.27. The van der Waals surface area contributed by atoms with Crippen molar-refractivity contribution in [1.82, 2.24) is 0 Å². The van der Waals surface area contributed by atoms with E-state index in [1.165, 1.54) is 6.07 Å². The number of hydrogen-bond acceptors (Lipinski definition) is 3. The minimum Gasteiger partial charge on any atom is -0.330 e. The summed E-state index contributed by atoms with van der Waals surface area (Å²) in [6.07, 6.45) is 0.838. The molecule has 1 atom stereocenters. The average Bonchev–Trinajstić information content (AvgIpc) is 2.60. The fourth-order valence-electron chi connectivity index (χ4n) is 2.44. The van der Waals surface area contributed by atoms with Crippen LogP contribution < -0.4 is 5.73 Å². The van der Waals surface area contributed by atoms with Gasteiger partial charge in [0.05, 0.1) is 11.5 Å². The van der Waals surface area contributed by atoms with E-state index in [2.05, 4.69) is 0 Å². The first kappa shape index (κ1) is 13.4. The summed E-state index contributed by atoms with van der Waals surface area (Å²) in [5, 5.41) is 0. The fraction of sp³-hybridized carbons (Fsp3) is 0.500. The number of benzene rings is 1. The minimum absolute atomic E-state index is 0.0233. The minimum atomic E-state index is -3.05. The molecule has 0 saturated carbocycles. The molecular weight excluding hydrogens is 260 g/mol. The van der Waals surface area contributed by atoms with Crippen molar-refractivity contribution in [3.8, 4) is 0 Å². The first-order chi connectivity index (χ1) is 8.36. The Morgan fingerprint density at radius 3 is 2.50 bits per heavy atom. The van der Waals surface area contributed by atoms with Crippen molar-refractivity contribution in [2.75, 3.05) is 18.1 Å². The maximum absolute atomic E-state index is 13.1. The Morgan fingerprint density at radius 2 is 2.00 bits per heavy atom. The zero-order valence-electron chi connectivity index (χ0n) is 9.83. The molecule has 1 heterocycles. The van der Waals surface area contributed by atoms with Crippen molar-refractivity contribution < 1.29 is 17.2 Å². The highest BCUT2D eigenvalue weighted by molar-refractivity contribution is 7.91. The molecule has 6 heteroatoms. The van der Waals surface area contributed by atoms with Crippen molar-refractivity contribution in [1.29, 1.82) is 0 Å². The molecule has 1 aromatic rings. The van der Waals surface area contributed by atoms with Crippen LogP contribution in [0.4, 0.5) is 8.78 Å². The van der Waals surface area contributed by atoms with Gasteiger partial charge in [-0.25, -0.2) is 17.2 Å². The lowest BCUT2D eigenvalue weighted by atomic mass is 9.81. The SMILES string of the molecule is NCC1(Cc2ccc(F)c(F)c2)CCS(=O)(=O)C1. The van der Waals surface area contributed by atoms with Crippen LogP contribution in [0.25, 0.3) is 0 Å². The highest BCUT2D eigenvalue weighted by Gasteiger charge is 2.41. The number of nitrogens with two attached hydrogens (primary N) is 1. The lowest BCUT2D eigenvalue weighted by molar-refractivity contribution is 0.343. The van der Waals surface area contributed by atoms with Crippen molar-refractivity contribution in [3.05, 3.63) is 35.4 Å². The molecule has 0 amide bonds.